The average molecular weight is 261 g/mol. The summed E-state index contributed by atoms with van der Waals surface area (Å²) in [5, 5.41) is 2.63. The number of benzene rings is 1. The molecule has 0 saturated heterocycles. The zero-order valence-electron chi connectivity index (χ0n) is 11.4. The molecule has 1 rings (SSSR count). The number of methoxy groups -OCH3 is 1. The average Bonchev–Trinajstić information content (AvgIpc) is 2.44. The quantitative estimate of drug-likeness (QED) is 0.761. The minimum absolute atomic E-state index is 0.0502. The Morgan fingerprint density at radius 1 is 1.42 bits per heavy atom. The number of carbonyl (C=O) groups is 1. The predicted octanol–water partition coefficient (Wildman–Crippen LogP) is 1.78. The first kappa shape index (κ1) is 14.9. The van der Waals surface area contributed by atoms with Crippen LogP contribution in [0.2, 0.25) is 0 Å². The first-order valence-electron chi connectivity index (χ1n) is 6.21. The molecule has 0 heterocycles. The van der Waals surface area contributed by atoms with E-state index in [0.717, 1.165) is 5.56 Å². The van der Waals surface area contributed by atoms with Gasteiger partial charge in [-0.05, 0) is 31.0 Å². The normalized spacial score (nSPS) is 9.53. The molecule has 4 heteroatoms. The topological polar surface area (TPSA) is 47.6 Å². The molecule has 0 aliphatic heterocycles. The first-order chi connectivity index (χ1) is 9.21. The first-order valence-corrected chi connectivity index (χ1v) is 6.21. The minimum atomic E-state index is -0.0502. The van der Waals surface area contributed by atoms with Crippen LogP contribution in [-0.4, -0.2) is 26.2 Å². The number of carbonyl (C=O) groups excluding carboxylic acids is 1. The van der Waals surface area contributed by atoms with E-state index in [0.29, 0.717) is 30.9 Å². The van der Waals surface area contributed by atoms with E-state index >= 15 is 0 Å². The molecule has 0 radical (unpaired) electrons. The van der Waals surface area contributed by atoms with Gasteiger partial charge in [-0.15, -0.1) is 6.42 Å². The molecule has 1 amide bonds. The lowest BCUT2D eigenvalue weighted by Gasteiger charge is -2.10. The highest BCUT2D eigenvalue weighted by molar-refractivity contribution is 5.76. The Balaban J connectivity index is 2.60. The highest BCUT2D eigenvalue weighted by Gasteiger charge is 2.07. The molecular weight excluding hydrogens is 242 g/mol. The molecule has 1 aromatic carbocycles. The molecule has 0 atom stereocenters. The second-order valence-corrected chi connectivity index (χ2v) is 3.90. The summed E-state index contributed by atoms with van der Waals surface area (Å²) >= 11 is 0. The van der Waals surface area contributed by atoms with Crippen molar-refractivity contribution in [1.29, 1.82) is 0 Å². The van der Waals surface area contributed by atoms with Crippen LogP contribution in [0.25, 0.3) is 0 Å². The van der Waals surface area contributed by atoms with Gasteiger partial charge in [-0.1, -0.05) is 12.0 Å². The van der Waals surface area contributed by atoms with Crippen molar-refractivity contribution in [2.45, 2.75) is 19.8 Å². The van der Waals surface area contributed by atoms with Crippen LogP contribution in [0, 0.1) is 12.3 Å². The van der Waals surface area contributed by atoms with Gasteiger partial charge in [0.05, 0.1) is 20.3 Å². The summed E-state index contributed by atoms with van der Waals surface area (Å²) in [6.07, 6.45) is 6.11. The van der Waals surface area contributed by atoms with Gasteiger partial charge in [0.2, 0.25) is 5.91 Å². The van der Waals surface area contributed by atoms with E-state index in [9.17, 15) is 4.79 Å². The van der Waals surface area contributed by atoms with E-state index in [1.165, 1.54) is 0 Å². The summed E-state index contributed by atoms with van der Waals surface area (Å²) in [4.78, 5) is 11.4. The number of hydrogen-bond donors (Lipinski definition) is 1. The van der Waals surface area contributed by atoms with Gasteiger partial charge in [0.1, 0.15) is 0 Å². The minimum Gasteiger partial charge on any atom is -0.493 e. The molecule has 0 spiro atoms. The van der Waals surface area contributed by atoms with Crippen molar-refractivity contribution in [3.05, 3.63) is 23.8 Å². The molecule has 1 aromatic rings. The van der Waals surface area contributed by atoms with E-state index in [1.807, 2.05) is 25.1 Å². The number of aryl methyl sites for hydroxylation is 1. The van der Waals surface area contributed by atoms with E-state index in [-0.39, 0.29) is 12.5 Å². The van der Waals surface area contributed by atoms with Crippen molar-refractivity contribution in [3.8, 4) is 23.8 Å². The number of hydrogen-bond acceptors (Lipinski definition) is 3. The lowest BCUT2D eigenvalue weighted by molar-refractivity contribution is -0.120. The smallest absolute Gasteiger partial charge is 0.221 e. The van der Waals surface area contributed by atoms with Gasteiger partial charge in [0.15, 0.2) is 11.5 Å². The van der Waals surface area contributed by atoms with E-state index < -0.39 is 0 Å². The SMILES string of the molecule is C#CCNC(=O)CCc1ccc(OCC)c(OC)c1. The monoisotopic (exact) mass is 261 g/mol. The van der Waals surface area contributed by atoms with Gasteiger partial charge in [0.25, 0.3) is 0 Å². The third-order valence-electron chi connectivity index (χ3n) is 2.56. The molecule has 0 aromatic heterocycles. The van der Waals surface area contributed by atoms with Crippen molar-refractivity contribution < 1.29 is 14.3 Å². The van der Waals surface area contributed by atoms with Gasteiger partial charge in [-0.2, -0.15) is 0 Å². The Morgan fingerprint density at radius 3 is 2.84 bits per heavy atom. The third-order valence-corrected chi connectivity index (χ3v) is 2.56. The largest absolute Gasteiger partial charge is 0.493 e. The molecule has 102 valence electrons. The van der Waals surface area contributed by atoms with Crippen molar-refractivity contribution in [2.24, 2.45) is 0 Å². The Morgan fingerprint density at radius 2 is 2.21 bits per heavy atom. The molecule has 0 aliphatic carbocycles. The van der Waals surface area contributed by atoms with E-state index in [2.05, 4.69) is 11.2 Å². The van der Waals surface area contributed by atoms with E-state index in [4.69, 9.17) is 15.9 Å². The summed E-state index contributed by atoms with van der Waals surface area (Å²) in [5.41, 5.74) is 1.02. The fraction of sp³-hybridized carbons (Fsp3) is 0.400. The zero-order valence-corrected chi connectivity index (χ0v) is 11.4. The Labute approximate surface area is 114 Å². The lowest BCUT2D eigenvalue weighted by atomic mass is 10.1. The second kappa shape index (κ2) is 8.04. The molecule has 0 unspecified atom stereocenters. The van der Waals surface area contributed by atoms with Crippen molar-refractivity contribution in [2.75, 3.05) is 20.3 Å². The second-order valence-electron chi connectivity index (χ2n) is 3.90. The van der Waals surface area contributed by atoms with Crippen LogP contribution in [-0.2, 0) is 11.2 Å². The van der Waals surface area contributed by atoms with Crippen LogP contribution in [0.4, 0.5) is 0 Å². The zero-order chi connectivity index (χ0) is 14.1. The standard InChI is InChI=1S/C15H19NO3/c1-4-10-16-15(17)9-7-12-6-8-13(19-5-2)14(11-12)18-3/h1,6,8,11H,5,7,9-10H2,2-3H3,(H,16,17). The van der Waals surface area contributed by atoms with Gasteiger partial charge in [0, 0.05) is 6.42 Å². The summed E-state index contributed by atoms with van der Waals surface area (Å²) in [6.45, 7) is 2.78. The maximum absolute atomic E-state index is 11.4. The van der Waals surface area contributed by atoms with Crippen LogP contribution >= 0.6 is 0 Å². The predicted molar refractivity (Wildman–Crippen MR) is 74.3 cm³/mol. The lowest BCUT2D eigenvalue weighted by Crippen LogP contribution is -2.23. The van der Waals surface area contributed by atoms with Gasteiger partial charge < -0.3 is 14.8 Å². The summed E-state index contributed by atoms with van der Waals surface area (Å²) in [5.74, 6) is 3.72. The van der Waals surface area contributed by atoms with Crippen molar-refractivity contribution in [1.82, 2.24) is 5.32 Å². The van der Waals surface area contributed by atoms with Crippen LogP contribution in [0.1, 0.15) is 18.9 Å². The fourth-order valence-corrected chi connectivity index (χ4v) is 1.64. The Kier molecular flexibility index (Phi) is 6.31. The number of amides is 1. The van der Waals surface area contributed by atoms with Crippen molar-refractivity contribution >= 4 is 5.91 Å². The van der Waals surface area contributed by atoms with Gasteiger partial charge in [-0.25, -0.2) is 0 Å². The molecule has 0 aliphatic rings. The fourth-order valence-electron chi connectivity index (χ4n) is 1.64. The van der Waals surface area contributed by atoms with Crippen LogP contribution < -0.4 is 14.8 Å². The number of rotatable bonds is 7. The number of nitrogens with one attached hydrogen (secondary N) is 1. The molecular formula is C15H19NO3. The molecule has 0 fully saturated rings. The molecule has 0 saturated carbocycles. The number of ether oxygens (including phenoxy) is 2. The summed E-state index contributed by atoms with van der Waals surface area (Å²) in [6, 6.07) is 5.68. The molecule has 1 N–H and O–H groups in total. The van der Waals surface area contributed by atoms with Gasteiger partial charge in [-0.3, -0.25) is 4.79 Å². The highest BCUT2D eigenvalue weighted by atomic mass is 16.5. The van der Waals surface area contributed by atoms with Crippen LogP contribution in [0.15, 0.2) is 18.2 Å². The Hall–Kier alpha value is -2.15. The van der Waals surface area contributed by atoms with Crippen LogP contribution in [0.3, 0.4) is 0 Å². The summed E-state index contributed by atoms with van der Waals surface area (Å²) < 4.78 is 10.7. The highest BCUT2D eigenvalue weighted by Crippen LogP contribution is 2.28. The Bertz CT molecular complexity index is 463. The summed E-state index contributed by atoms with van der Waals surface area (Å²) in [7, 11) is 1.60. The maximum Gasteiger partial charge on any atom is 0.221 e. The van der Waals surface area contributed by atoms with E-state index in [1.54, 1.807) is 7.11 Å². The molecule has 4 nitrogen and oxygen atoms in total. The molecule has 19 heavy (non-hydrogen) atoms. The third kappa shape index (κ3) is 4.92. The molecule has 0 bridgehead atoms. The van der Waals surface area contributed by atoms with Crippen molar-refractivity contribution in [3.63, 3.8) is 0 Å². The van der Waals surface area contributed by atoms with Gasteiger partial charge >= 0.3 is 0 Å². The van der Waals surface area contributed by atoms with Crippen LogP contribution in [0.5, 0.6) is 11.5 Å². The maximum atomic E-state index is 11.4. The number of terminal acetylenes is 1.